The van der Waals surface area contributed by atoms with E-state index in [0.717, 1.165) is 31.2 Å². The van der Waals surface area contributed by atoms with Gasteiger partial charge in [-0.15, -0.1) is 0 Å². The molecule has 2 aromatic rings. The Kier molecular flexibility index (Phi) is 7.34. The first-order valence-corrected chi connectivity index (χ1v) is 13.6. The van der Waals surface area contributed by atoms with Gasteiger partial charge in [-0.05, 0) is 67.0 Å². The molecule has 0 saturated carbocycles. The minimum absolute atomic E-state index is 0.0166. The molecule has 0 radical (unpaired) electrons. The molecule has 2 fully saturated rings. The Labute approximate surface area is 219 Å². The van der Waals surface area contributed by atoms with E-state index in [-0.39, 0.29) is 41.4 Å². The topological polar surface area (TPSA) is 66.8 Å². The monoisotopic (exact) mass is 499 g/mol. The molecule has 1 aliphatic carbocycles. The summed E-state index contributed by atoms with van der Waals surface area (Å²) in [5, 5.41) is 9.61. The van der Waals surface area contributed by atoms with Crippen LogP contribution in [0.5, 0.6) is 5.75 Å². The molecule has 5 nitrogen and oxygen atoms in total. The number of phenolic OH excluding ortho intramolecular Hbond substituents is 1. The highest BCUT2D eigenvalue weighted by Gasteiger charge is 2.57. The van der Waals surface area contributed by atoms with Gasteiger partial charge in [-0.25, -0.2) is 0 Å². The molecule has 2 saturated heterocycles. The van der Waals surface area contributed by atoms with Crippen LogP contribution in [0.4, 0.5) is 5.69 Å². The van der Waals surface area contributed by atoms with Crippen molar-refractivity contribution in [2.75, 3.05) is 11.5 Å². The van der Waals surface area contributed by atoms with E-state index >= 15 is 0 Å². The van der Waals surface area contributed by atoms with E-state index in [9.17, 15) is 14.7 Å². The minimum Gasteiger partial charge on any atom is -0.508 e. The normalized spacial score (nSPS) is 25.7. The summed E-state index contributed by atoms with van der Waals surface area (Å²) in [5.74, 6) is -0.224. The number of nitrogens with zero attached hydrogens (tertiary/aromatic N) is 1. The second kappa shape index (κ2) is 10.7. The van der Waals surface area contributed by atoms with Crippen LogP contribution in [-0.4, -0.2) is 29.6 Å². The smallest absolute Gasteiger partial charge is 0.238 e. The van der Waals surface area contributed by atoms with Crippen molar-refractivity contribution in [3.63, 3.8) is 0 Å². The minimum atomic E-state index is -0.335. The summed E-state index contributed by atoms with van der Waals surface area (Å²) < 4.78 is 6.41. The molecule has 5 heteroatoms. The molecule has 2 amide bonds. The average Bonchev–Trinajstić information content (AvgIpc) is 3.42. The lowest BCUT2D eigenvalue weighted by atomic mass is 9.67. The molecule has 0 bridgehead atoms. The van der Waals surface area contributed by atoms with Crippen molar-refractivity contribution in [3.8, 4) is 5.75 Å². The summed E-state index contributed by atoms with van der Waals surface area (Å²) in [6.45, 7) is 7.08. The van der Waals surface area contributed by atoms with E-state index < -0.39 is 0 Å². The molecule has 2 aromatic carbocycles. The predicted molar refractivity (Wildman–Crippen MR) is 146 cm³/mol. The third-order valence-corrected chi connectivity index (χ3v) is 8.22. The molecule has 2 heterocycles. The van der Waals surface area contributed by atoms with Crippen LogP contribution in [0.25, 0.3) is 6.08 Å². The number of ether oxygens (including phenoxy) is 1. The Balaban J connectivity index is 1.39. The van der Waals surface area contributed by atoms with Gasteiger partial charge in [-0.3, -0.25) is 14.5 Å². The van der Waals surface area contributed by atoms with E-state index in [2.05, 4.69) is 26.8 Å². The lowest BCUT2D eigenvalue weighted by Crippen LogP contribution is -2.35. The van der Waals surface area contributed by atoms with E-state index in [1.807, 2.05) is 42.5 Å². The maximum Gasteiger partial charge on any atom is 0.238 e. The number of hydrogen-bond donors (Lipinski definition) is 1. The van der Waals surface area contributed by atoms with Gasteiger partial charge < -0.3 is 9.84 Å². The quantitative estimate of drug-likeness (QED) is 0.331. The number of para-hydroxylation sites is 1. The van der Waals surface area contributed by atoms with Crippen LogP contribution in [0.3, 0.4) is 0 Å². The number of anilines is 1. The Morgan fingerprint density at radius 1 is 1.03 bits per heavy atom. The van der Waals surface area contributed by atoms with E-state index in [1.165, 1.54) is 21.6 Å². The van der Waals surface area contributed by atoms with Crippen LogP contribution >= 0.6 is 0 Å². The summed E-state index contributed by atoms with van der Waals surface area (Å²) in [6.07, 6.45) is 6.71. The fourth-order valence-corrected chi connectivity index (χ4v) is 6.50. The average molecular weight is 500 g/mol. The van der Waals surface area contributed by atoms with Gasteiger partial charge in [0, 0.05) is 5.92 Å². The second-order valence-corrected chi connectivity index (χ2v) is 10.9. The molecule has 37 heavy (non-hydrogen) atoms. The van der Waals surface area contributed by atoms with Crippen molar-refractivity contribution in [1.29, 1.82) is 0 Å². The van der Waals surface area contributed by atoms with Gasteiger partial charge >= 0.3 is 0 Å². The molecular formula is C32H37NO4. The Bertz CT molecular complexity index is 1210. The van der Waals surface area contributed by atoms with Gasteiger partial charge in [-0.1, -0.05) is 74.7 Å². The zero-order valence-corrected chi connectivity index (χ0v) is 22.0. The Hall–Kier alpha value is -3.18. The number of imide groups is 1. The summed E-state index contributed by atoms with van der Waals surface area (Å²) in [7, 11) is 0. The molecule has 2 aliphatic heterocycles. The number of benzene rings is 2. The van der Waals surface area contributed by atoms with Crippen molar-refractivity contribution in [1.82, 2.24) is 0 Å². The van der Waals surface area contributed by atoms with Crippen LogP contribution < -0.4 is 4.90 Å². The van der Waals surface area contributed by atoms with Crippen LogP contribution in [0.1, 0.15) is 58.4 Å². The SMILES string of the molecule is CCC/C(=C\c1ccc(O)cc1)CC[C@H]1OC[C@H]2C1=C(C(C)C)C[C@H]1C(=O)N(c3ccccc3)C(=O)[C@H]12. The van der Waals surface area contributed by atoms with Crippen molar-refractivity contribution in [2.24, 2.45) is 23.7 Å². The highest BCUT2D eigenvalue weighted by atomic mass is 16.5. The van der Waals surface area contributed by atoms with E-state index in [1.54, 1.807) is 12.1 Å². The van der Waals surface area contributed by atoms with E-state index in [0.29, 0.717) is 24.6 Å². The first-order chi connectivity index (χ1) is 17.9. The lowest BCUT2D eigenvalue weighted by Gasteiger charge is -2.33. The molecule has 5 rings (SSSR count). The molecule has 0 spiro atoms. The number of rotatable bonds is 8. The van der Waals surface area contributed by atoms with E-state index in [4.69, 9.17) is 4.74 Å². The van der Waals surface area contributed by atoms with Crippen LogP contribution in [0.15, 0.2) is 71.3 Å². The number of carbonyl (C=O) groups is 2. The predicted octanol–water partition coefficient (Wildman–Crippen LogP) is 6.53. The van der Waals surface area contributed by atoms with Crippen LogP contribution in [0, 0.1) is 23.7 Å². The maximum atomic E-state index is 13.7. The standard InChI is InChI=1S/C32H37NO4/c1-4-8-21(17-22-11-14-24(34)15-12-22)13-16-28-29-25(20(2)3)18-26-30(27(29)19-37-28)32(36)33(31(26)35)23-9-6-5-7-10-23/h5-7,9-12,14-15,17,20,26-28,30,34H,4,8,13,16,18-19H2,1-3H3/b21-17+/t26-,27+,28-,30-/m1/s1. The molecular weight excluding hydrogens is 462 g/mol. The zero-order chi connectivity index (χ0) is 26.1. The van der Waals surface area contributed by atoms with Crippen LogP contribution in [0.2, 0.25) is 0 Å². The molecule has 0 aromatic heterocycles. The highest BCUT2D eigenvalue weighted by Crippen LogP contribution is 2.52. The van der Waals surface area contributed by atoms with Gasteiger partial charge in [0.1, 0.15) is 5.75 Å². The number of fused-ring (bicyclic) bond motifs is 3. The summed E-state index contributed by atoms with van der Waals surface area (Å²) in [5.41, 5.74) is 5.71. The molecule has 194 valence electrons. The fraction of sp³-hybridized carbons (Fsp3) is 0.438. The summed E-state index contributed by atoms with van der Waals surface area (Å²) in [6, 6.07) is 16.6. The van der Waals surface area contributed by atoms with Gasteiger partial charge in [0.25, 0.3) is 0 Å². The maximum absolute atomic E-state index is 13.7. The van der Waals surface area contributed by atoms with Crippen LogP contribution in [-0.2, 0) is 14.3 Å². The number of allylic oxidation sites excluding steroid dienone is 2. The zero-order valence-electron chi connectivity index (χ0n) is 22.0. The molecule has 1 N–H and O–H groups in total. The van der Waals surface area contributed by atoms with Crippen molar-refractivity contribution >= 4 is 23.6 Å². The highest BCUT2D eigenvalue weighted by molar-refractivity contribution is 6.22. The third-order valence-electron chi connectivity index (χ3n) is 8.22. The number of amides is 2. The molecule has 4 atom stereocenters. The Morgan fingerprint density at radius 2 is 1.76 bits per heavy atom. The molecule has 0 unspecified atom stereocenters. The van der Waals surface area contributed by atoms with Crippen molar-refractivity contribution < 1.29 is 19.4 Å². The van der Waals surface area contributed by atoms with Gasteiger partial charge in [0.2, 0.25) is 11.8 Å². The number of carbonyl (C=O) groups excluding carboxylic acids is 2. The largest absolute Gasteiger partial charge is 0.508 e. The number of phenols is 1. The third kappa shape index (κ3) is 4.89. The summed E-state index contributed by atoms with van der Waals surface area (Å²) in [4.78, 5) is 28.6. The lowest BCUT2D eigenvalue weighted by molar-refractivity contribution is -0.122. The first kappa shape index (κ1) is 25.5. The summed E-state index contributed by atoms with van der Waals surface area (Å²) >= 11 is 0. The van der Waals surface area contributed by atoms with Gasteiger partial charge in [0.05, 0.1) is 30.2 Å². The fourth-order valence-electron chi connectivity index (χ4n) is 6.50. The van der Waals surface area contributed by atoms with Crippen molar-refractivity contribution in [3.05, 3.63) is 76.9 Å². The molecule has 3 aliphatic rings. The number of hydrogen-bond acceptors (Lipinski definition) is 4. The van der Waals surface area contributed by atoms with Crippen molar-refractivity contribution in [2.45, 2.75) is 59.0 Å². The van der Waals surface area contributed by atoms with Gasteiger partial charge in [-0.2, -0.15) is 0 Å². The Morgan fingerprint density at radius 3 is 2.43 bits per heavy atom. The number of aromatic hydroxyl groups is 1. The van der Waals surface area contributed by atoms with Gasteiger partial charge in [0.15, 0.2) is 0 Å². The second-order valence-electron chi connectivity index (χ2n) is 10.9. The first-order valence-electron chi connectivity index (χ1n) is 13.6.